The van der Waals surface area contributed by atoms with Gasteiger partial charge in [-0.3, -0.25) is 4.90 Å². The Morgan fingerprint density at radius 1 is 1.18 bits per heavy atom. The Hall–Kier alpha value is -3.92. The van der Waals surface area contributed by atoms with Gasteiger partial charge in [-0.15, -0.1) is 0 Å². The molecule has 1 N–H and O–H groups in total. The fourth-order valence-electron chi connectivity index (χ4n) is 3.55. The number of carbonyl (C=O) groups excluding carboxylic acids is 2. The molecule has 4 aromatic rings. The van der Waals surface area contributed by atoms with E-state index in [4.69, 9.17) is 9.47 Å². The van der Waals surface area contributed by atoms with E-state index in [1.165, 1.54) is 15.6 Å². The maximum Gasteiger partial charge on any atom is 0.415 e. The summed E-state index contributed by atoms with van der Waals surface area (Å²) in [6.45, 7) is 7.16. The van der Waals surface area contributed by atoms with E-state index in [2.05, 4.69) is 10.1 Å². The van der Waals surface area contributed by atoms with Crippen molar-refractivity contribution in [1.29, 1.82) is 0 Å². The van der Waals surface area contributed by atoms with Crippen molar-refractivity contribution in [3.05, 3.63) is 53.9 Å². The summed E-state index contributed by atoms with van der Waals surface area (Å²) in [7, 11) is 1.57. The number of amides is 1. The molecule has 10 heteroatoms. The standard InChI is InChI=1S/C24H27N5O5/c1-6-33-22(31)17-13-25-29-20(27(5)23(32)34-24(2,3)4)12-19(26-21(17)29)28-10-9-16-8-7-15(14-30)11-18(16)28/h7-13,30H,6,14H2,1-5H3. The third-order valence-electron chi connectivity index (χ3n) is 5.13. The van der Waals surface area contributed by atoms with E-state index in [0.29, 0.717) is 11.6 Å². The number of aliphatic hydroxyl groups is 1. The number of hydrogen-bond acceptors (Lipinski definition) is 7. The van der Waals surface area contributed by atoms with Crippen LogP contribution >= 0.6 is 0 Å². The third-order valence-corrected chi connectivity index (χ3v) is 5.13. The van der Waals surface area contributed by atoms with Crippen LogP contribution in [0.15, 0.2) is 42.7 Å². The molecular formula is C24H27N5O5. The summed E-state index contributed by atoms with van der Waals surface area (Å²) >= 11 is 0. The van der Waals surface area contributed by atoms with Crippen LogP contribution in [-0.2, 0) is 16.1 Å². The summed E-state index contributed by atoms with van der Waals surface area (Å²) in [6.07, 6.45) is 2.62. The lowest BCUT2D eigenvalue weighted by atomic mass is 10.2. The zero-order valence-electron chi connectivity index (χ0n) is 19.8. The van der Waals surface area contributed by atoms with Crippen molar-refractivity contribution < 1.29 is 24.2 Å². The number of anilines is 1. The molecular weight excluding hydrogens is 438 g/mol. The number of hydrogen-bond donors (Lipinski definition) is 1. The predicted molar refractivity (Wildman–Crippen MR) is 126 cm³/mol. The number of carbonyl (C=O) groups is 2. The largest absolute Gasteiger partial charge is 0.462 e. The number of aliphatic hydroxyl groups excluding tert-OH is 1. The van der Waals surface area contributed by atoms with E-state index in [9.17, 15) is 14.7 Å². The number of rotatable bonds is 5. The molecule has 3 heterocycles. The summed E-state index contributed by atoms with van der Waals surface area (Å²) in [5.41, 5.74) is 1.27. The Bertz CT molecular complexity index is 1380. The minimum atomic E-state index is -0.697. The van der Waals surface area contributed by atoms with Gasteiger partial charge >= 0.3 is 12.1 Å². The zero-order valence-corrected chi connectivity index (χ0v) is 19.8. The normalized spacial score (nSPS) is 11.7. The minimum absolute atomic E-state index is 0.101. The van der Waals surface area contributed by atoms with E-state index in [-0.39, 0.29) is 24.4 Å². The molecule has 0 aliphatic carbocycles. The first-order valence-electron chi connectivity index (χ1n) is 10.9. The van der Waals surface area contributed by atoms with Gasteiger partial charge in [0.05, 0.1) is 24.9 Å². The first-order valence-corrected chi connectivity index (χ1v) is 10.9. The Morgan fingerprint density at radius 3 is 2.62 bits per heavy atom. The van der Waals surface area contributed by atoms with Crippen LogP contribution < -0.4 is 4.90 Å². The van der Waals surface area contributed by atoms with Crippen LogP contribution in [0.4, 0.5) is 10.6 Å². The van der Waals surface area contributed by atoms with Crippen LogP contribution in [0.5, 0.6) is 0 Å². The van der Waals surface area contributed by atoms with Gasteiger partial charge in [0.15, 0.2) is 5.65 Å². The molecule has 0 bridgehead atoms. The molecule has 10 nitrogen and oxygen atoms in total. The molecule has 0 atom stereocenters. The lowest BCUT2D eigenvalue weighted by Crippen LogP contribution is -2.35. The smallest absolute Gasteiger partial charge is 0.415 e. The van der Waals surface area contributed by atoms with E-state index >= 15 is 0 Å². The van der Waals surface area contributed by atoms with E-state index in [1.807, 2.05) is 35.0 Å². The Balaban J connectivity index is 1.93. The Morgan fingerprint density at radius 2 is 1.94 bits per heavy atom. The van der Waals surface area contributed by atoms with Crippen molar-refractivity contribution >= 4 is 34.4 Å². The maximum absolute atomic E-state index is 12.9. The van der Waals surface area contributed by atoms with Crippen molar-refractivity contribution in [1.82, 2.24) is 19.2 Å². The zero-order chi connectivity index (χ0) is 24.6. The van der Waals surface area contributed by atoms with Crippen molar-refractivity contribution in [2.24, 2.45) is 0 Å². The predicted octanol–water partition coefficient (Wildman–Crippen LogP) is 3.71. The molecule has 0 aliphatic heterocycles. The minimum Gasteiger partial charge on any atom is -0.462 e. The highest BCUT2D eigenvalue weighted by molar-refractivity contribution is 5.97. The second-order valence-corrected chi connectivity index (χ2v) is 8.76. The van der Waals surface area contributed by atoms with Crippen LogP contribution in [0.25, 0.3) is 22.4 Å². The van der Waals surface area contributed by atoms with Gasteiger partial charge in [0, 0.05) is 24.7 Å². The number of esters is 1. The summed E-state index contributed by atoms with van der Waals surface area (Å²) < 4.78 is 13.9. The highest BCUT2D eigenvalue weighted by Gasteiger charge is 2.26. The molecule has 1 amide bonds. The summed E-state index contributed by atoms with van der Waals surface area (Å²) in [5, 5.41) is 14.8. The Labute approximate surface area is 196 Å². The lowest BCUT2D eigenvalue weighted by molar-refractivity contribution is 0.0527. The molecule has 0 aliphatic rings. The SMILES string of the molecule is CCOC(=O)c1cnn2c(N(C)C(=O)OC(C)(C)C)cc(-n3ccc4ccc(CO)cc43)nc12. The maximum atomic E-state index is 12.9. The number of aromatic nitrogens is 4. The topological polar surface area (TPSA) is 111 Å². The van der Waals surface area contributed by atoms with Gasteiger partial charge < -0.3 is 19.1 Å². The van der Waals surface area contributed by atoms with Gasteiger partial charge in [-0.05, 0) is 45.4 Å². The van der Waals surface area contributed by atoms with Gasteiger partial charge in [0.1, 0.15) is 22.8 Å². The molecule has 3 aromatic heterocycles. The molecule has 1 aromatic carbocycles. The molecule has 0 saturated heterocycles. The number of nitrogens with zero attached hydrogens (tertiary/aromatic N) is 5. The molecule has 0 unspecified atom stereocenters. The summed E-state index contributed by atoms with van der Waals surface area (Å²) in [4.78, 5) is 31.4. The van der Waals surface area contributed by atoms with Crippen LogP contribution in [0.3, 0.4) is 0 Å². The molecule has 4 rings (SSSR count). The molecule has 0 radical (unpaired) electrons. The average Bonchev–Trinajstić information content (AvgIpc) is 3.40. The molecule has 34 heavy (non-hydrogen) atoms. The second-order valence-electron chi connectivity index (χ2n) is 8.76. The summed E-state index contributed by atoms with van der Waals surface area (Å²) in [6, 6.07) is 9.22. The van der Waals surface area contributed by atoms with Crippen molar-refractivity contribution in [3.63, 3.8) is 0 Å². The highest BCUT2D eigenvalue weighted by atomic mass is 16.6. The molecule has 0 saturated carbocycles. The van der Waals surface area contributed by atoms with Crippen LogP contribution in [0.1, 0.15) is 43.6 Å². The first kappa shape index (κ1) is 23.2. The molecule has 0 spiro atoms. The fourth-order valence-corrected chi connectivity index (χ4v) is 3.55. The highest BCUT2D eigenvalue weighted by Crippen LogP contribution is 2.27. The molecule has 0 fully saturated rings. The quantitative estimate of drug-likeness (QED) is 0.447. The van der Waals surface area contributed by atoms with Crippen molar-refractivity contribution in [2.45, 2.75) is 39.9 Å². The van der Waals surface area contributed by atoms with Gasteiger partial charge in [-0.1, -0.05) is 12.1 Å². The first-order chi connectivity index (χ1) is 16.1. The Kier molecular flexibility index (Phi) is 6.01. The van der Waals surface area contributed by atoms with Crippen molar-refractivity contribution in [2.75, 3.05) is 18.6 Å². The molecule has 178 valence electrons. The third kappa shape index (κ3) is 4.32. The van der Waals surface area contributed by atoms with E-state index in [1.54, 1.807) is 40.8 Å². The van der Waals surface area contributed by atoms with E-state index in [0.717, 1.165) is 16.5 Å². The van der Waals surface area contributed by atoms with Crippen LogP contribution in [-0.4, -0.2) is 55.6 Å². The number of ether oxygens (including phenoxy) is 2. The monoisotopic (exact) mass is 465 g/mol. The van der Waals surface area contributed by atoms with Crippen molar-refractivity contribution in [3.8, 4) is 5.82 Å². The second kappa shape index (κ2) is 8.79. The van der Waals surface area contributed by atoms with Crippen LogP contribution in [0, 0.1) is 0 Å². The average molecular weight is 466 g/mol. The number of benzene rings is 1. The fraction of sp³-hybridized carbons (Fsp3) is 0.333. The van der Waals surface area contributed by atoms with Crippen LogP contribution in [0.2, 0.25) is 0 Å². The van der Waals surface area contributed by atoms with Gasteiger partial charge in [0.2, 0.25) is 0 Å². The summed E-state index contributed by atoms with van der Waals surface area (Å²) in [5.74, 6) is 0.243. The lowest BCUT2D eigenvalue weighted by Gasteiger charge is -2.25. The number of fused-ring (bicyclic) bond motifs is 2. The van der Waals surface area contributed by atoms with Gasteiger partial charge in [-0.25, -0.2) is 14.6 Å². The van der Waals surface area contributed by atoms with Gasteiger partial charge in [-0.2, -0.15) is 9.61 Å². The van der Waals surface area contributed by atoms with E-state index < -0.39 is 17.7 Å². The van der Waals surface area contributed by atoms with Gasteiger partial charge in [0.25, 0.3) is 0 Å².